The van der Waals surface area contributed by atoms with Crippen LogP contribution in [0.2, 0.25) is 0 Å². The number of carbonyl (C=O) groups excluding carboxylic acids is 1. The Bertz CT molecular complexity index is 478. The summed E-state index contributed by atoms with van der Waals surface area (Å²) in [4.78, 5) is 21.3. The van der Waals surface area contributed by atoms with Gasteiger partial charge in [-0.2, -0.15) is 0 Å². The summed E-state index contributed by atoms with van der Waals surface area (Å²) >= 11 is 0. The molecule has 1 amide bonds. The van der Waals surface area contributed by atoms with Crippen LogP contribution in [0.15, 0.2) is 6.33 Å². The quantitative estimate of drug-likeness (QED) is 0.896. The third-order valence-corrected chi connectivity index (χ3v) is 3.57. The van der Waals surface area contributed by atoms with E-state index in [0.717, 1.165) is 37.3 Å². The highest BCUT2D eigenvalue weighted by atomic mass is 16.6. The molecular weight excluding hydrogens is 268 g/mol. The van der Waals surface area contributed by atoms with Crippen molar-refractivity contribution in [1.82, 2.24) is 20.2 Å². The number of imidazole rings is 1. The fraction of sp³-hybridized carbons (Fsp3) is 0.733. The Hall–Kier alpha value is -1.56. The van der Waals surface area contributed by atoms with E-state index in [4.69, 9.17) is 4.74 Å². The van der Waals surface area contributed by atoms with E-state index in [1.54, 1.807) is 11.2 Å². The van der Waals surface area contributed by atoms with Crippen LogP contribution in [0, 0.1) is 6.92 Å². The predicted molar refractivity (Wildman–Crippen MR) is 81.0 cm³/mol. The molecule has 0 aromatic carbocycles. The largest absolute Gasteiger partial charge is 0.444 e. The number of amides is 1. The average Bonchev–Trinajstić information content (AvgIpc) is 2.80. The fourth-order valence-corrected chi connectivity index (χ4v) is 2.44. The number of H-pyrrole nitrogens is 1. The first-order chi connectivity index (χ1) is 9.85. The molecule has 0 bridgehead atoms. The lowest BCUT2D eigenvalue weighted by Gasteiger charge is -2.34. The Morgan fingerprint density at radius 3 is 2.95 bits per heavy atom. The number of piperidine rings is 1. The van der Waals surface area contributed by atoms with Crippen molar-refractivity contribution in [3.8, 4) is 0 Å². The lowest BCUT2D eigenvalue weighted by atomic mass is 10.1. The van der Waals surface area contributed by atoms with E-state index in [-0.39, 0.29) is 6.09 Å². The van der Waals surface area contributed by atoms with E-state index in [2.05, 4.69) is 15.3 Å². The first kappa shape index (κ1) is 15.8. The fourth-order valence-electron chi connectivity index (χ4n) is 2.44. The highest BCUT2D eigenvalue weighted by molar-refractivity contribution is 5.68. The maximum absolute atomic E-state index is 12.1. The van der Waals surface area contributed by atoms with Crippen molar-refractivity contribution in [2.45, 2.75) is 58.7 Å². The molecule has 2 heterocycles. The zero-order chi connectivity index (χ0) is 15.5. The van der Waals surface area contributed by atoms with Crippen molar-refractivity contribution in [3.63, 3.8) is 0 Å². The van der Waals surface area contributed by atoms with Gasteiger partial charge in [0.05, 0.1) is 12.0 Å². The van der Waals surface area contributed by atoms with Gasteiger partial charge in [-0.3, -0.25) is 0 Å². The minimum absolute atomic E-state index is 0.218. The van der Waals surface area contributed by atoms with Crippen molar-refractivity contribution in [2.75, 3.05) is 13.1 Å². The summed E-state index contributed by atoms with van der Waals surface area (Å²) in [5.41, 5.74) is 1.68. The number of aromatic amines is 1. The van der Waals surface area contributed by atoms with E-state index in [1.165, 1.54) is 0 Å². The number of hydrogen-bond donors (Lipinski definition) is 2. The Morgan fingerprint density at radius 2 is 2.33 bits per heavy atom. The number of hydrogen-bond acceptors (Lipinski definition) is 4. The van der Waals surface area contributed by atoms with Gasteiger partial charge in [0.15, 0.2) is 0 Å². The van der Waals surface area contributed by atoms with Gasteiger partial charge in [0, 0.05) is 31.4 Å². The minimum atomic E-state index is -0.441. The number of rotatable bonds is 3. The summed E-state index contributed by atoms with van der Waals surface area (Å²) in [6, 6.07) is 0.294. The molecule has 0 aliphatic carbocycles. The van der Waals surface area contributed by atoms with Crippen LogP contribution in [0.1, 0.15) is 45.0 Å². The van der Waals surface area contributed by atoms with Crippen LogP contribution in [-0.2, 0) is 11.3 Å². The molecule has 0 radical (unpaired) electrons. The zero-order valence-corrected chi connectivity index (χ0v) is 13.4. The van der Waals surface area contributed by atoms with Gasteiger partial charge >= 0.3 is 6.09 Å². The van der Waals surface area contributed by atoms with Crippen LogP contribution in [0.25, 0.3) is 0 Å². The number of aromatic nitrogens is 2. The molecule has 1 aliphatic rings. The average molecular weight is 294 g/mol. The second kappa shape index (κ2) is 6.47. The van der Waals surface area contributed by atoms with E-state index in [9.17, 15) is 4.79 Å². The van der Waals surface area contributed by atoms with Gasteiger partial charge < -0.3 is 19.9 Å². The summed E-state index contributed by atoms with van der Waals surface area (Å²) < 4.78 is 5.44. The molecule has 1 aromatic heterocycles. The Morgan fingerprint density at radius 1 is 1.57 bits per heavy atom. The van der Waals surface area contributed by atoms with Crippen LogP contribution < -0.4 is 5.32 Å². The predicted octanol–water partition coefficient (Wildman–Crippen LogP) is 2.21. The number of ether oxygens (including phenoxy) is 1. The standard InChI is InChI=1S/C15H26N4O2/c1-11-13(18-10-17-11)8-16-12-6-5-7-19(9-12)14(20)21-15(2,3)4/h10,12,16H,5-9H2,1-4H3,(H,17,18). The van der Waals surface area contributed by atoms with Crippen LogP contribution >= 0.6 is 0 Å². The van der Waals surface area contributed by atoms with Crippen molar-refractivity contribution in [2.24, 2.45) is 0 Å². The normalized spacial score (nSPS) is 19.6. The number of likely N-dealkylation sites (tertiary alicyclic amines) is 1. The molecule has 6 heteroatoms. The van der Waals surface area contributed by atoms with Crippen LogP contribution in [0.4, 0.5) is 4.79 Å². The molecule has 1 atom stereocenters. The summed E-state index contributed by atoms with van der Waals surface area (Å²) in [6.07, 6.45) is 3.56. The van der Waals surface area contributed by atoms with Gasteiger partial charge in [0.1, 0.15) is 5.60 Å². The van der Waals surface area contributed by atoms with Crippen molar-refractivity contribution >= 4 is 6.09 Å². The van der Waals surface area contributed by atoms with E-state index in [1.807, 2.05) is 27.7 Å². The number of nitrogens with one attached hydrogen (secondary N) is 2. The highest BCUT2D eigenvalue weighted by Crippen LogP contribution is 2.15. The molecule has 118 valence electrons. The van der Waals surface area contributed by atoms with Crippen molar-refractivity contribution < 1.29 is 9.53 Å². The maximum Gasteiger partial charge on any atom is 0.410 e. The van der Waals surface area contributed by atoms with Crippen LogP contribution in [0.3, 0.4) is 0 Å². The van der Waals surface area contributed by atoms with E-state index in [0.29, 0.717) is 12.6 Å². The Kier molecular flexibility index (Phi) is 4.88. The molecule has 1 unspecified atom stereocenters. The molecule has 0 saturated carbocycles. The van der Waals surface area contributed by atoms with E-state index < -0.39 is 5.60 Å². The summed E-state index contributed by atoms with van der Waals surface area (Å²) in [7, 11) is 0. The number of nitrogens with zero attached hydrogens (tertiary/aromatic N) is 2. The molecule has 2 rings (SSSR count). The summed E-state index contributed by atoms with van der Waals surface area (Å²) in [5, 5.41) is 3.48. The first-order valence-electron chi connectivity index (χ1n) is 7.55. The molecular formula is C15H26N4O2. The lowest BCUT2D eigenvalue weighted by Crippen LogP contribution is -2.49. The van der Waals surface area contributed by atoms with Gasteiger partial charge in [-0.15, -0.1) is 0 Å². The number of aryl methyl sites for hydroxylation is 1. The first-order valence-corrected chi connectivity index (χ1v) is 7.55. The second-order valence-corrected chi connectivity index (χ2v) is 6.62. The summed E-state index contributed by atoms with van der Waals surface area (Å²) in [6.45, 7) is 9.88. The van der Waals surface area contributed by atoms with Gasteiger partial charge in [0.25, 0.3) is 0 Å². The smallest absolute Gasteiger partial charge is 0.410 e. The van der Waals surface area contributed by atoms with Crippen molar-refractivity contribution in [3.05, 3.63) is 17.7 Å². The van der Waals surface area contributed by atoms with E-state index >= 15 is 0 Å². The van der Waals surface area contributed by atoms with Gasteiger partial charge in [-0.25, -0.2) is 9.78 Å². The molecule has 1 fully saturated rings. The molecule has 1 aliphatic heterocycles. The van der Waals surface area contributed by atoms with Gasteiger partial charge in [-0.1, -0.05) is 0 Å². The highest BCUT2D eigenvalue weighted by Gasteiger charge is 2.27. The minimum Gasteiger partial charge on any atom is -0.444 e. The molecule has 2 N–H and O–H groups in total. The number of carbonyl (C=O) groups is 1. The molecule has 21 heavy (non-hydrogen) atoms. The SMILES string of the molecule is Cc1[nH]cnc1CNC1CCCN(C(=O)OC(C)(C)C)C1. The molecule has 6 nitrogen and oxygen atoms in total. The molecule has 1 aromatic rings. The van der Waals surface area contributed by atoms with Gasteiger partial charge in [0.2, 0.25) is 0 Å². The van der Waals surface area contributed by atoms with Crippen LogP contribution in [-0.4, -0.2) is 45.7 Å². The lowest BCUT2D eigenvalue weighted by molar-refractivity contribution is 0.0187. The summed E-state index contributed by atoms with van der Waals surface area (Å²) in [5.74, 6) is 0. The van der Waals surface area contributed by atoms with Crippen molar-refractivity contribution in [1.29, 1.82) is 0 Å². The third kappa shape index (κ3) is 4.74. The Balaban J connectivity index is 1.83. The molecule has 1 saturated heterocycles. The zero-order valence-electron chi connectivity index (χ0n) is 13.4. The molecule has 0 spiro atoms. The third-order valence-electron chi connectivity index (χ3n) is 3.57. The maximum atomic E-state index is 12.1. The monoisotopic (exact) mass is 294 g/mol. The van der Waals surface area contributed by atoms with Crippen LogP contribution in [0.5, 0.6) is 0 Å². The second-order valence-electron chi connectivity index (χ2n) is 6.62. The van der Waals surface area contributed by atoms with Gasteiger partial charge in [-0.05, 0) is 40.5 Å². The topological polar surface area (TPSA) is 70.2 Å². The Labute approximate surface area is 126 Å².